The second-order valence-corrected chi connectivity index (χ2v) is 9.56. The van der Waals surface area contributed by atoms with Crippen molar-refractivity contribution in [1.82, 2.24) is 5.16 Å². The molecule has 2 heterocycles. The molecule has 0 aliphatic rings. The van der Waals surface area contributed by atoms with Gasteiger partial charge in [0, 0.05) is 15.6 Å². The fraction of sp³-hybridized carbons (Fsp3) is 0.138. The maximum absolute atomic E-state index is 12.7. The molecule has 1 atom stereocenters. The van der Waals surface area contributed by atoms with Gasteiger partial charge in [-0.15, -0.1) is 11.3 Å². The highest BCUT2D eigenvalue weighted by molar-refractivity contribution is 7.17. The fourth-order valence-electron chi connectivity index (χ4n) is 4.25. The highest BCUT2D eigenvalue weighted by Crippen LogP contribution is 2.42. The van der Waals surface area contributed by atoms with Crippen LogP contribution < -0.4 is 5.32 Å². The number of thiophene rings is 1. The summed E-state index contributed by atoms with van der Waals surface area (Å²) in [5.74, 6) is -0.403. The molecule has 1 amide bonds. The van der Waals surface area contributed by atoms with Gasteiger partial charge in [-0.3, -0.25) is 10.1 Å². The van der Waals surface area contributed by atoms with Crippen LogP contribution >= 0.6 is 11.3 Å². The van der Waals surface area contributed by atoms with Gasteiger partial charge in [-0.2, -0.15) is 0 Å². The van der Waals surface area contributed by atoms with Gasteiger partial charge in [0.15, 0.2) is 5.76 Å². The number of aryl methyl sites for hydroxylation is 1. The minimum atomic E-state index is -0.859. The van der Waals surface area contributed by atoms with Crippen LogP contribution in [0.2, 0.25) is 0 Å². The number of aliphatic carboxylic acids is 1. The topological polar surface area (TPSA) is 102 Å². The molecular weight excluding hydrogens is 488 g/mol. The van der Waals surface area contributed by atoms with Gasteiger partial charge in [0.2, 0.25) is 0 Å². The van der Waals surface area contributed by atoms with Crippen molar-refractivity contribution in [2.75, 3.05) is 5.32 Å². The molecule has 1 unspecified atom stereocenters. The Morgan fingerprint density at radius 3 is 2.49 bits per heavy atom. The third-order valence-electron chi connectivity index (χ3n) is 6.12. The number of carboxylic acids is 1. The van der Waals surface area contributed by atoms with Crippen molar-refractivity contribution >= 4 is 39.2 Å². The summed E-state index contributed by atoms with van der Waals surface area (Å²) in [5, 5.41) is 19.0. The standard InChI is InChI=1S/C29H24N2O5S/c1-17-26(30-29(34)35-18(2)20-6-4-3-5-7-20)27(36-31-17)24-13-12-22(23-14-15-37-28(23)24)21-10-8-19(9-11-21)16-25(32)33/h3-15,18H,16H2,1-2H3,(H,30,34)(H,32,33). The van der Waals surface area contributed by atoms with Gasteiger partial charge in [-0.05, 0) is 53.6 Å². The number of anilines is 1. The van der Waals surface area contributed by atoms with E-state index < -0.39 is 18.2 Å². The van der Waals surface area contributed by atoms with E-state index in [1.165, 1.54) is 0 Å². The molecule has 8 heteroatoms. The monoisotopic (exact) mass is 512 g/mol. The highest BCUT2D eigenvalue weighted by Gasteiger charge is 2.22. The second-order valence-electron chi connectivity index (χ2n) is 8.65. The van der Waals surface area contributed by atoms with E-state index in [1.807, 2.05) is 85.1 Å². The van der Waals surface area contributed by atoms with Gasteiger partial charge in [-0.1, -0.05) is 65.8 Å². The summed E-state index contributed by atoms with van der Waals surface area (Å²) in [5.41, 5.74) is 5.46. The van der Waals surface area contributed by atoms with Crippen molar-refractivity contribution < 1.29 is 24.0 Å². The van der Waals surface area contributed by atoms with Crippen LogP contribution in [0.5, 0.6) is 0 Å². The average molecular weight is 513 g/mol. The first-order chi connectivity index (χ1) is 17.9. The van der Waals surface area contributed by atoms with Gasteiger partial charge < -0.3 is 14.4 Å². The largest absolute Gasteiger partial charge is 0.481 e. The molecule has 2 aromatic heterocycles. The number of hydrogen-bond acceptors (Lipinski definition) is 6. The molecule has 5 rings (SSSR count). The SMILES string of the molecule is Cc1noc(-c2ccc(-c3ccc(CC(=O)O)cc3)c3ccsc23)c1NC(=O)OC(C)c1ccccc1. The average Bonchev–Trinajstić information content (AvgIpc) is 3.52. The predicted molar refractivity (Wildman–Crippen MR) is 144 cm³/mol. The Kier molecular flexibility index (Phi) is 6.74. The molecule has 5 aromatic rings. The van der Waals surface area contributed by atoms with Crippen LogP contribution in [0, 0.1) is 6.92 Å². The van der Waals surface area contributed by atoms with Crippen molar-refractivity contribution in [3.8, 4) is 22.5 Å². The number of fused-ring (bicyclic) bond motifs is 1. The molecule has 37 heavy (non-hydrogen) atoms. The maximum Gasteiger partial charge on any atom is 0.412 e. The van der Waals surface area contributed by atoms with E-state index in [9.17, 15) is 9.59 Å². The van der Waals surface area contributed by atoms with Gasteiger partial charge in [0.05, 0.1) is 6.42 Å². The Bertz CT molecular complexity index is 1570. The number of carbonyl (C=O) groups is 2. The molecule has 3 aromatic carbocycles. The lowest BCUT2D eigenvalue weighted by atomic mass is 9.97. The van der Waals surface area contributed by atoms with Crippen LogP contribution in [-0.2, 0) is 16.0 Å². The van der Waals surface area contributed by atoms with E-state index in [4.69, 9.17) is 14.4 Å². The quantitative estimate of drug-likeness (QED) is 0.235. The molecule has 0 aliphatic heterocycles. The van der Waals surface area contributed by atoms with Gasteiger partial charge in [-0.25, -0.2) is 4.79 Å². The molecule has 0 aliphatic carbocycles. The number of carbonyl (C=O) groups excluding carboxylic acids is 1. The van der Waals surface area contributed by atoms with E-state index in [2.05, 4.69) is 10.5 Å². The first-order valence-electron chi connectivity index (χ1n) is 11.7. The smallest absolute Gasteiger partial charge is 0.412 e. The number of nitrogens with zero attached hydrogens (tertiary/aromatic N) is 1. The molecule has 0 saturated carbocycles. The number of aromatic nitrogens is 1. The lowest BCUT2D eigenvalue weighted by molar-refractivity contribution is -0.136. The number of benzene rings is 3. The van der Waals surface area contributed by atoms with Crippen molar-refractivity contribution in [3.05, 3.63) is 95.0 Å². The summed E-state index contributed by atoms with van der Waals surface area (Å²) >= 11 is 1.56. The zero-order valence-corrected chi connectivity index (χ0v) is 21.0. The third kappa shape index (κ3) is 5.10. The molecule has 7 nitrogen and oxygen atoms in total. The number of amides is 1. The summed E-state index contributed by atoms with van der Waals surface area (Å²) in [4.78, 5) is 23.7. The summed E-state index contributed by atoms with van der Waals surface area (Å²) in [6, 6.07) is 23.0. The number of nitrogens with one attached hydrogen (secondary N) is 1. The number of hydrogen-bond donors (Lipinski definition) is 2. The first kappa shape index (κ1) is 24.3. The van der Waals surface area contributed by atoms with E-state index in [1.54, 1.807) is 18.3 Å². The van der Waals surface area contributed by atoms with Crippen molar-refractivity contribution in [1.29, 1.82) is 0 Å². The molecule has 0 radical (unpaired) electrons. The van der Waals surface area contributed by atoms with Crippen LogP contribution in [0.3, 0.4) is 0 Å². The number of rotatable bonds is 7. The van der Waals surface area contributed by atoms with E-state index in [-0.39, 0.29) is 6.42 Å². The van der Waals surface area contributed by atoms with Crippen LogP contribution in [-0.4, -0.2) is 22.3 Å². The normalized spacial score (nSPS) is 11.8. The molecule has 2 N–H and O–H groups in total. The van der Waals surface area contributed by atoms with Crippen LogP contribution in [0.4, 0.5) is 10.5 Å². The minimum absolute atomic E-state index is 0.0136. The van der Waals surface area contributed by atoms with Crippen molar-refractivity contribution in [3.63, 3.8) is 0 Å². The van der Waals surface area contributed by atoms with Crippen LogP contribution in [0.15, 0.2) is 82.7 Å². The van der Waals surface area contributed by atoms with E-state index in [0.717, 1.165) is 37.9 Å². The molecule has 186 valence electrons. The maximum atomic E-state index is 12.7. The van der Waals surface area contributed by atoms with Crippen LogP contribution in [0.1, 0.15) is 29.8 Å². The van der Waals surface area contributed by atoms with Crippen molar-refractivity contribution in [2.45, 2.75) is 26.4 Å². The van der Waals surface area contributed by atoms with Crippen molar-refractivity contribution in [2.24, 2.45) is 0 Å². The van der Waals surface area contributed by atoms with Crippen LogP contribution in [0.25, 0.3) is 32.5 Å². The molecule has 0 saturated heterocycles. The summed E-state index contributed by atoms with van der Waals surface area (Å²) in [6.45, 7) is 3.58. The molecule has 0 fully saturated rings. The fourth-order valence-corrected chi connectivity index (χ4v) is 5.19. The van der Waals surface area contributed by atoms with E-state index in [0.29, 0.717) is 17.1 Å². The Balaban J connectivity index is 1.43. The predicted octanol–water partition coefficient (Wildman–Crippen LogP) is 7.47. The third-order valence-corrected chi connectivity index (χ3v) is 7.07. The summed E-state index contributed by atoms with van der Waals surface area (Å²) in [7, 11) is 0. The molecular formula is C29H24N2O5S. The summed E-state index contributed by atoms with van der Waals surface area (Å²) < 4.78 is 12.2. The Morgan fingerprint density at radius 2 is 1.76 bits per heavy atom. The van der Waals surface area contributed by atoms with Gasteiger partial charge >= 0.3 is 12.1 Å². The highest BCUT2D eigenvalue weighted by atomic mass is 32.1. The Labute approximate surface area is 217 Å². The zero-order chi connectivity index (χ0) is 25.9. The van der Waals surface area contributed by atoms with E-state index >= 15 is 0 Å². The summed E-state index contributed by atoms with van der Waals surface area (Å²) in [6.07, 6.45) is -1.03. The lowest BCUT2D eigenvalue weighted by Crippen LogP contribution is -2.16. The number of carboxylic acid groups (broad SMARTS) is 1. The molecule has 0 bridgehead atoms. The Hall–Kier alpha value is -4.43. The lowest BCUT2D eigenvalue weighted by Gasteiger charge is -2.14. The van der Waals surface area contributed by atoms with Gasteiger partial charge in [0.1, 0.15) is 17.5 Å². The number of ether oxygens (including phenoxy) is 1. The minimum Gasteiger partial charge on any atom is -0.481 e. The zero-order valence-electron chi connectivity index (χ0n) is 20.2. The second kappa shape index (κ2) is 10.3. The molecule has 0 spiro atoms. The Morgan fingerprint density at radius 1 is 1.03 bits per heavy atom. The first-order valence-corrected chi connectivity index (χ1v) is 12.6. The van der Waals surface area contributed by atoms with Gasteiger partial charge in [0.25, 0.3) is 0 Å².